The lowest BCUT2D eigenvalue weighted by Gasteiger charge is -2.25. The highest BCUT2D eigenvalue weighted by Crippen LogP contribution is 2.32. The van der Waals surface area contributed by atoms with E-state index >= 15 is 0 Å². The van der Waals surface area contributed by atoms with Crippen molar-refractivity contribution in [3.05, 3.63) is 22.7 Å². The minimum atomic E-state index is -1.02. The monoisotopic (exact) mass is 268 g/mol. The van der Waals surface area contributed by atoms with Gasteiger partial charge in [-0.25, -0.2) is 4.79 Å². The number of anilines is 2. The largest absolute Gasteiger partial charge is 0.478 e. The molecule has 0 bridgehead atoms. The van der Waals surface area contributed by atoms with Crippen LogP contribution in [0.5, 0.6) is 0 Å². The average Bonchev–Trinajstić information content (AvgIpc) is 2.23. The van der Waals surface area contributed by atoms with E-state index in [0.717, 1.165) is 18.9 Å². The van der Waals surface area contributed by atoms with Crippen LogP contribution in [0.4, 0.5) is 11.4 Å². The lowest BCUT2D eigenvalue weighted by molar-refractivity contribution is 0.0698. The van der Waals surface area contributed by atoms with Crippen molar-refractivity contribution >= 4 is 28.9 Å². The maximum absolute atomic E-state index is 11.1. The molecule has 4 N–H and O–H groups in total. The number of nitrogen functional groups attached to an aromatic ring is 1. The molecule has 18 heavy (non-hydrogen) atoms. The number of rotatable bonds is 5. The van der Waals surface area contributed by atoms with Gasteiger partial charge in [-0.05, 0) is 24.5 Å². The summed E-state index contributed by atoms with van der Waals surface area (Å²) >= 11 is 6.04. The first-order valence-electron chi connectivity index (χ1n) is 6.14. The Morgan fingerprint density at radius 3 is 2.78 bits per heavy atom. The fourth-order valence-corrected chi connectivity index (χ4v) is 2.45. The number of halogens is 1. The van der Waals surface area contributed by atoms with E-state index in [2.05, 4.69) is 5.32 Å². The molecule has 0 spiro atoms. The van der Waals surface area contributed by atoms with Crippen molar-refractivity contribution in [3.8, 4) is 0 Å². The Labute approximate surface area is 111 Å². The van der Waals surface area contributed by atoms with E-state index in [4.69, 9.17) is 22.4 Å². The zero-order chi connectivity index (χ0) is 13.1. The SMILES string of the molecule is Nc1cc(Cl)c(NCCC2CCC2)c(C(=O)O)c1. The maximum Gasteiger partial charge on any atom is 0.337 e. The van der Waals surface area contributed by atoms with Crippen LogP contribution in [0.3, 0.4) is 0 Å². The minimum Gasteiger partial charge on any atom is -0.478 e. The van der Waals surface area contributed by atoms with E-state index in [1.165, 1.54) is 25.3 Å². The van der Waals surface area contributed by atoms with Gasteiger partial charge in [-0.1, -0.05) is 30.9 Å². The van der Waals surface area contributed by atoms with Crippen LogP contribution >= 0.6 is 11.6 Å². The lowest BCUT2D eigenvalue weighted by Crippen LogP contribution is -2.17. The molecule has 0 heterocycles. The van der Waals surface area contributed by atoms with Crippen LogP contribution in [0.15, 0.2) is 12.1 Å². The predicted octanol–water partition coefficient (Wildman–Crippen LogP) is 3.22. The van der Waals surface area contributed by atoms with E-state index < -0.39 is 5.97 Å². The van der Waals surface area contributed by atoms with Crippen molar-refractivity contribution in [1.29, 1.82) is 0 Å². The zero-order valence-corrected chi connectivity index (χ0v) is 10.8. The number of hydrogen-bond donors (Lipinski definition) is 3. The fraction of sp³-hybridized carbons (Fsp3) is 0.462. The molecule has 1 aliphatic carbocycles. The minimum absolute atomic E-state index is 0.133. The van der Waals surface area contributed by atoms with Crippen LogP contribution in [-0.2, 0) is 0 Å². The van der Waals surface area contributed by atoms with Crippen LogP contribution in [0.25, 0.3) is 0 Å². The van der Waals surface area contributed by atoms with E-state index in [0.29, 0.717) is 16.4 Å². The molecule has 0 saturated heterocycles. The Hall–Kier alpha value is -1.42. The molecule has 5 heteroatoms. The highest BCUT2D eigenvalue weighted by Gasteiger charge is 2.18. The number of nitrogens with one attached hydrogen (secondary N) is 1. The number of benzene rings is 1. The van der Waals surface area contributed by atoms with Gasteiger partial charge in [0.1, 0.15) is 0 Å². The second-order valence-electron chi connectivity index (χ2n) is 4.74. The first kappa shape index (κ1) is 13.0. The van der Waals surface area contributed by atoms with E-state index in [1.54, 1.807) is 6.07 Å². The third kappa shape index (κ3) is 2.88. The maximum atomic E-state index is 11.1. The average molecular weight is 269 g/mol. The van der Waals surface area contributed by atoms with Gasteiger partial charge < -0.3 is 16.2 Å². The lowest BCUT2D eigenvalue weighted by atomic mass is 9.83. The van der Waals surface area contributed by atoms with Crippen LogP contribution in [0, 0.1) is 5.92 Å². The number of carboxylic acids is 1. The molecule has 1 aromatic rings. The van der Waals surface area contributed by atoms with E-state index in [9.17, 15) is 4.79 Å². The van der Waals surface area contributed by atoms with Gasteiger partial charge in [0.15, 0.2) is 0 Å². The summed E-state index contributed by atoms with van der Waals surface area (Å²) in [4.78, 5) is 11.1. The standard InChI is InChI=1S/C13H17ClN2O2/c14-11-7-9(15)6-10(13(17)18)12(11)16-5-4-8-2-1-3-8/h6-8,16H,1-5,15H2,(H,17,18). The summed E-state index contributed by atoms with van der Waals surface area (Å²) in [5.74, 6) is -0.242. The summed E-state index contributed by atoms with van der Waals surface area (Å²) in [6.45, 7) is 0.745. The number of nitrogens with two attached hydrogens (primary N) is 1. The van der Waals surface area contributed by atoms with Gasteiger partial charge >= 0.3 is 5.97 Å². The number of aromatic carboxylic acids is 1. The Bertz CT molecular complexity index is 459. The van der Waals surface area contributed by atoms with Gasteiger partial charge in [0.05, 0.1) is 16.3 Å². The molecule has 1 aliphatic rings. The van der Waals surface area contributed by atoms with Gasteiger partial charge in [0.25, 0.3) is 0 Å². The zero-order valence-electron chi connectivity index (χ0n) is 10.1. The molecule has 98 valence electrons. The van der Waals surface area contributed by atoms with Gasteiger partial charge in [-0.3, -0.25) is 0 Å². The first-order chi connectivity index (χ1) is 8.58. The number of hydrogen-bond acceptors (Lipinski definition) is 3. The summed E-state index contributed by atoms with van der Waals surface area (Å²) in [5.41, 5.74) is 6.56. The summed E-state index contributed by atoms with van der Waals surface area (Å²) in [6.07, 6.45) is 4.93. The van der Waals surface area contributed by atoms with E-state index in [-0.39, 0.29) is 5.56 Å². The molecule has 0 radical (unpaired) electrons. The number of carboxylic acid groups (broad SMARTS) is 1. The molecule has 1 aromatic carbocycles. The summed E-state index contributed by atoms with van der Waals surface area (Å²) in [5, 5.41) is 12.6. The van der Waals surface area contributed by atoms with Gasteiger partial charge in [-0.2, -0.15) is 0 Å². The van der Waals surface area contributed by atoms with Gasteiger partial charge in [0, 0.05) is 12.2 Å². The van der Waals surface area contributed by atoms with Crippen molar-refractivity contribution in [1.82, 2.24) is 0 Å². The summed E-state index contributed by atoms with van der Waals surface area (Å²) in [6, 6.07) is 3.00. The highest BCUT2D eigenvalue weighted by molar-refractivity contribution is 6.34. The molecule has 1 saturated carbocycles. The van der Waals surface area contributed by atoms with Crippen molar-refractivity contribution in [2.75, 3.05) is 17.6 Å². The third-order valence-corrected chi connectivity index (χ3v) is 3.72. The molecular weight excluding hydrogens is 252 g/mol. The normalized spacial score (nSPS) is 15.2. The second kappa shape index (κ2) is 5.48. The Kier molecular flexibility index (Phi) is 3.97. The smallest absolute Gasteiger partial charge is 0.337 e. The Balaban J connectivity index is 2.07. The molecule has 0 aromatic heterocycles. The van der Waals surface area contributed by atoms with Crippen molar-refractivity contribution < 1.29 is 9.90 Å². The van der Waals surface area contributed by atoms with Gasteiger partial charge in [-0.15, -0.1) is 0 Å². The van der Waals surface area contributed by atoms with Crippen LogP contribution in [0.2, 0.25) is 5.02 Å². The summed E-state index contributed by atoms with van der Waals surface area (Å²) < 4.78 is 0. The van der Waals surface area contributed by atoms with Gasteiger partial charge in [0.2, 0.25) is 0 Å². The van der Waals surface area contributed by atoms with Crippen molar-refractivity contribution in [3.63, 3.8) is 0 Å². The molecule has 1 fully saturated rings. The second-order valence-corrected chi connectivity index (χ2v) is 5.15. The molecule has 0 unspecified atom stereocenters. The quantitative estimate of drug-likeness (QED) is 0.717. The molecule has 0 aliphatic heterocycles. The Morgan fingerprint density at radius 2 is 2.22 bits per heavy atom. The van der Waals surface area contributed by atoms with Crippen molar-refractivity contribution in [2.45, 2.75) is 25.7 Å². The first-order valence-corrected chi connectivity index (χ1v) is 6.52. The number of carbonyl (C=O) groups is 1. The molecule has 4 nitrogen and oxygen atoms in total. The molecule has 0 amide bonds. The molecular formula is C13H17ClN2O2. The predicted molar refractivity (Wildman–Crippen MR) is 73.3 cm³/mol. The fourth-order valence-electron chi connectivity index (χ4n) is 2.16. The topological polar surface area (TPSA) is 75.3 Å². The van der Waals surface area contributed by atoms with Crippen molar-refractivity contribution in [2.24, 2.45) is 5.92 Å². The highest BCUT2D eigenvalue weighted by atomic mass is 35.5. The molecule has 0 atom stereocenters. The van der Waals surface area contributed by atoms with Crippen LogP contribution < -0.4 is 11.1 Å². The van der Waals surface area contributed by atoms with Crippen LogP contribution in [-0.4, -0.2) is 17.6 Å². The molecule has 2 rings (SSSR count). The Morgan fingerprint density at radius 1 is 1.50 bits per heavy atom. The third-order valence-electron chi connectivity index (χ3n) is 3.42. The van der Waals surface area contributed by atoms with E-state index in [1.807, 2.05) is 0 Å². The van der Waals surface area contributed by atoms with Crippen LogP contribution in [0.1, 0.15) is 36.0 Å². The summed E-state index contributed by atoms with van der Waals surface area (Å²) in [7, 11) is 0.